The van der Waals surface area contributed by atoms with Gasteiger partial charge < -0.3 is 9.88 Å². The van der Waals surface area contributed by atoms with Gasteiger partial charge in [0.05, 0.1) is 0 Å². The highest BCUT2D eigenvalue weighted by Gasteiger charge is 2.26. The van der Waals surface area contributed by atoms with Crippen LogP contribution >= 0.6 is 15.9 Å². The van der Waals surface area contributed by atoms with Crippen LogP contribution in [-0.2, 0) is 6.54 Å². The standard InChI is InChI=1S/C15H23BrN2O/c1-4-18-9-12(16)8-14(18)15(19)17-13-6-10(2)5-11(3)7-13/h8-11,13H,4-7H2,1-3H3,(H,17,19). The van der Waals surface area contributed by atoms with E-state index >= 15 is 0 Å². The summed E-state index contributed by atoms with van der Waals surface area (Å²) in [4.78, 5) is 12.4. The Balaban J connectivity index is 2.04. The number of hydrogen-bond acceptors (Lipinski definition) is 1. The lowest BCUT2D eigenvalue weighted by molar-refractivity contribution is 0.0902. The van der Waals surface area contributed by atoms with E-state index in [4.69, 9.17) is 0 Å². The van der Waals surface area contributed by atoms with E-state index in [2.05, 4.69) is 35.1 Å². The van der Waals surface area contributed by atoms with Gasteiger partial charge in [0.1, 0.15) is 5.69 Å². The Bertz CT molecular complexity index is 445. The van der Waals surface area contributed by atoms with E-state index in [9.17, 15) is 4.79 Å². The van der Waals surface area contributed by atoms with Gasteiger partial charge in [0.25, 0.3) is 5.91 Å². The molecule has 1 saturated carbocycles. The highest BCUT2D eigenvalue weighted by atomic mass is 79.9. The van der Waals surface area contributed by atoms with E-state index in [0.717, 1.165) is 29.6 Å². The molecule has 0 aromatic carbocycles. The maximum absolute atomic E-state index is 12.4. The molecule has 4 heteroatoms. The average Bonchev–Trinajstić information content (AvgIpc) is 2.69. The number of carbonyl (C=O) groups excluding carboxylic acids is 1. The van der Waals surface area contributed by atoms with Crippen LogP contribution in [0.5, 0.6) is 0 Å². The minimum Gasteiger partial charge on any atom is -0.348 e. The van der Waals surface area contributed by atoms with E-state index in [1.165, 1.54) is 6.42 Å². The Labute approximate surface area is 123 Å². The molecule has 1 fully saturated rings. The Morgan fingerprint density at radius 2 is 2.00 bits per heavy atom. The van der Waals surface area contributed by atoms with Crippen LogP contribution in [0.2, 0.25) is 0 Å². The Hall–Kier alpha value is -0.770. The maximum Gasteiger partial charge on any atom is 0.268 e. The molecule has 2 atom stereocenters. The molecule has 0 aliphatic heterocycles. The van der Waals surface area contributed by atoms with Crippen molar-refractivity contribution in [3.05, 3.63) is 22.4 Å². The van der Waals surface area contributed by atoms with Crippen LogP contribution in [0.1, 0.15) is 50.5 Å². The molecule has 106 valence electrons. The summed E-state index contributed by atoms with van der Waals surface area (Å²) in [6, 6.07) is 2.22. The number of hydrogen-bond donors (Lipinski definition) is 1. The first-order valence-corrected chi connectivity index (χ1v) is 7.95. The molecule has 19 heavy (non-hydrogen) atoms. The third-order valence-electron chi connectivity index (χ3n) is 3.95. The van der Waals surface area contributed by atoms with Crippen molar-refractivity contribution in [1.29, 1.82) is 0 Å². The number of halogens is 1. The van der Waals surface area contributed by atoms with Gasteiger partial charge in [0.15, 0.2) is 0 Å². The van der Waals surface area contributed by atoms with Crippen LogP contribution in [-0.4, -0.2) is 16.5 Å². The third-order valence-corrected chi connectivity index (χ3v) is 4.38. The molecule has 2 unspecified atom stereocenters. The summed E-state index contributed by atoms with van der Waals surface area (Å²) in [5, 5.41) is 3.20. The van der Waals surface area contributed by atoms with Crippen molar-refractivity contribution in [2.75, 3.05) is 0 Å². The van der Waals surface area contributed by atoms with Gasteiger partial charge in [-0.2, -0.15) is 0 Å². The molecule has 1 aromatic heterocycles. The number of amides is 1. The van der Waals surface area contributed by atoms with Crippen LogP contribution in [0.25, 0.3) is 0 Å². The third kappa shape index (κ3) is 3.62. The van der Waals surface area contributed by atoms with Gasteiger partial charge in [0, 0.05) is 23.3 Å². The summed E-state index contributed by atoms with van der Waals surface area (Å²) in [7, 11) is 0. The minimum atomic E-state index is 0.0545. The number of aromatic nitrogens is 1. The van der Waals surface area contributed by atoms with Crippen molar-refractivity contribution >= 4 is 21.8 Å². The largest absolute Gasteiger partial charge is 0.348 e. The SMILES string of the molecule is CCn1cc(Br)cc1C(=O)NC1CC(C)CC(C)C1. The molecular formula is C15H23BrN2O. The highest BCUT2D eigenvalue weighted by Crippen LogP contribution is 2.28. The molecule has 2 rings (SSSR count). The summed E-state index contributed by atoms with van der Waals surface area (Å²) >= 11 is 3.44. The van der Waals surface area contributed by atoms with E-state index in [0.29, 0.717) is 17.9 Å². The summed E-state index contributed by atoms with van der Waals surface area (Å²) < 4.78 is 2.94. The average molecular weight is 327 g/mol. The first-order chi connectivity index (χ1) is 8.99. The van der Waals surface area contributed by atoms with Crippen LogP contribution < -0.4 is 5.32 Å². The second-order valence-corrected chi connectivity index (χ2v) is 6.83. The number of nitrogens with zero attached hydrogens (tertiary/aromatic N) is 1. The molecular weight excluding hydrogens is 304 g/mol. The quantitative estimate of drug-likeness (QED) is 0.900. The van der Waals surface area contributed by atoms with Crippen LogP contribution in [0.15, 0.2) is 16.7 Å². The van der Waals surface area contributed by atoms with Crippen molar-refractivity contribution < 1.29 is 4.79 Å². The van der Waals surface area contributed by atoms with Crippen LogP contribution in [0.3, 0.4) is 0 Å². The van der Waals surface area contributed by atoms with Crippen molar-refractivity contribution in [3.63, 3.8) is 0 Å². The fourth-order valence-electron chi connectivity index (χ4n) is 3.25. The lowest BCUT2D eigenvalue weighted by Gasteiger charge is -2.32. The normalized spacial score (nSPS) is 27.3. The van der Waals surface area contributed by atoms with E-state index in [1.807, 2.05) is 23.8 Å². The molecule has 1 aromatic rings. The number of aryl methyl sites for hydroxylation is 1. The topological polar surface area (TPSA) is 34.0 Å². The van der Waals surface area contributed by atoms with Crippen LogP contribution in [0.4, 0.5) is 0 Å². The lowest BCUT2D eigenvalue weighted by Crippen LogP contribution is -2.40. The minimum absolute atomic E-state index is 0.0545. The maximum atomic E-state index is 12.4. The number of nitrogens with one attached hydrogen (secondary N) is 1. The van der Waals surface area contributed by atoms with Gasteiger partial charge in [-0.15, -0.1) is 0 Å². The Morgan fingerprint density at radius 3 is 2.58 bits per heavy atom. The summed E-state index contributed by atoms with van der Waals surface area (Å²) in [6.45, 7) is 7.42. The fourth-order valence-corrected chi connectivity index (χ4v) is 3.71. The van der Waals surface area contributed by atoms with Crippen molar-refractivity contribution in [1.82, 2.24) is 9.88 Å². The van der Waals surface area contributed by atoms with Gasteiger partial charge >= 0.3 is 0 Å². The summed E-state index contributed by atoms with van der Waals surface area (Å²) in [6.07, 6.45) is 5.44. The van der Waals surface area contributed by atoms with Gasteiger partial charge in [-0.3, -0.25) is 4.79 Å². The van der Waals surface area contributed by atoms with E-state index in [-0.39, 0.29) is 5.91 Å². The summed E-state index contributed by atoms with van der Waals surface area (Å²) in [5.74, 6) is 1.47. The molecule has 1 aliphatic carbocycles. The predicted octanol–water partition coefficient (Wildman–Crippen LogP) is 3.83. The van der Waals surface area contributed by atoms with Crippen molar-refractivity contribution in [2.45, 2.75) is 52.6 Å². The zero-order valence-corrected chi connectivity index (χ0v) is 13.5. The van der Waals surface area contributed by atoms with E-state index < -0.39 is 0 Å². The van der Waals surface area contributed by atoms with Crippen molar-refractivity contribution in [2.24, 2.45) is 11.8 Å². The molecule has 1 N–H and O–H groups in total. The zero-order chi connectivity index (χ0) is 14.0. The molecule has 1 heterocycles. The fraction of sp³-hybridized carbons (Fsp3) is 0.667. The number of carbonyl (C=O) groups is 1. The molecule has 0 bridgehead atoms. The van der Waals surface area contributed by atoms with Crippen molar-refractivity contribution in [3.8, 4) is 0 Å². The molecule has 3 nitrogen and oxygen atoms in total. The zero-order valence-electron chi connectivity index (χ0n) is 11.9. The Morgan fingerprint density at radius 1 is 1.37 bits per heavy atom. The first-order valence-electron chi connectivity index (χ1n) is 7.16. The smallest absolute Gasteiger partial charge is 0.268 e. The predicted molar refractivity (Wildman–Crippen MR) is 81.2 cm³/mol. The molecule has 0 saturated heterocycles. The molecule has 0 radical (unpaired) electrons. The van der Waals surface area contributed by atoms with E-state index in [1.54, 1.807) is 0 Å². The second-order valence-electron chi connectivity index (χ2n) is 5.92. The van der Waals surface area contributed by atoms with Gasteiger partial charge in [-0.05, 0) is 60.0 Å². The number of rotatable bonds is 3. The monoisotopic (exact) mass is 326 g/mol. The van der Waals surface area contributed by atoms with Gasteiger partial charge in [-0.1, -0.05) is 13.8 Å². The van der Waals surface area contributed by atoms with Gasteiger partial charge in [0.2, 0.25) is 0 Å². The lowest BCUT2D eigenvalue weighted by atomic mass is 9.80. The molecule has 1 amide bonds. The Kier molecular flexibility index (Phi) is 4.71. The van der Waals surface area contributed by atoms with Crippen LogP contribution in [0, 0.1) is 11.8 Å². The highest BCUT2D eigenvalue weighted by molar-refractivity contribution is 9.10. The first kappa shape index (κ1) is 14.6. The molecule has 0 spiro atoms. The second kappa shape index (κ2) is 6.12. The van der Waals surface area contributed by atoms with Gasteiger partial charge in [-0.25, -0.2) is 0 Å². The molecule has 1 aliphatic rings. The summed E-state index contributed by atoms with van der Waals surface area (Å²) in [5.41, 5.74) is 0.750.